The number of rotatable bonds is 2. The molecule has 0 saturated heterocycles. The molecule has 2 heterocycles. The van der Waals surface area contributed by atoms with Gasteiger partial charge in [0.15, 0.2) is 11.6 Å². The molecule has 0 fully saturated rings. The second kappa shape index (κ2) is 5.87. The van der Waals surface area contributed by atoms with Crippen LogP contribution < -0.4 is 4.90 Å². The van der Waals surface area contributed by atoms with E-state index >= 15 is 0 Å². The van der Waals surface area contributed by atoms with Crippen molar-refractivity contribution in [2.75, 3.05) is 4.90 Å². The summed E-state index contributed by atoms with van der Waals surface area (Å²) < 4.78 is 28.6. The van der Waals surface area contributed by atoms with Crippen molar-refractivity contribution in [1.82, 2.24) is 0 Å². The van der Waals surface area contributed by atoms with Gasteiger partial charge in [-0.15, -0.1) is 11.3 Å². The number of hydrogen-bond donors (Lipinski definition) is 1. The topological polar surface area (TPSA) is 47.3 Å². The first-order valence-electron chi connectivity index (χ1n) is 7.61. The number of para-hydroxylation sites is 1. The molecule has 124 valence electrons. The van der Waals surface area contributed by atoms with Crippen LogP contribution in [0.5, 0.6) is 5.75 Å². The summed E-state index contributed by atoms with van der Waals surface area (Å²) in [4.78, 5) is 2.53. The molecule has 4 rings (SSSR count). The van der Waals surface area contributed by atoms with Crippen molar-refractivity contribution in [3.8, 4) is 11.8 Å². The van der Waals surface area contributed by atoms with Crippen LogP contribution >= 0.6 is 11.3 Å². The first kappa shape index (κ1) is 15.6. The second-order valence-electron chi connectivity index (χ2n) is 5.73. The Balaban J connectivity index is 1.98. The lowest BCUT2D eigenvalue weighted by Gasteiger charge is -2.28. The maximum Gasteiger partial charge on any atom is 0.202 e. The Morgan fingerprint density at radius 1 is 1.00 bits per heavy atom. The monoisotopic (exact) mass is 354 g/mol. The standard InChI is InChI=1S/C19H12F2N2OS/c20-17-14(7-8-15(24)18(17)21)23-13-5-2-1-4-11(13)12(10-22)19(23)16-6-3-9-25-16/h1-9,12,19,24H. The molecular weight excluding hydrogens is 342 g/mol. The number of phenolic OH excluding ortho intramolecular Hbond substituents is 1. The third-order valence-corrected chi connectivity index (χ3v) is 5.34. The van der Waals surface area contributed by atoms with Crippen molar-refractivity contribution in [3.05, 3.63) is 76.0 Å². The van der Waals surface area contributed by atoms with Gasteiger partial charge in [0.2, 0.25) is 5.82 Å². The van der Waals surface area contributed by atoms with Crippen LogP contribution in [0.1, 0.15) is 22.4 Å². The number of halogens is 2. The summed E-state index contributed by atoms with van der Waals surface area (Å²) in [6, 6.07) is 15.3. The number of benzene rings is 2. The number of nitrogens with zero attached hydrogens (tertiary/aromatic N) is 2. The van der Waals surface area contributed by atoms with Crippen LogP contribution in [0.15, 0.2) is 53.9 Å². The van der Waals surface area contributed by atoms with Gasteiger partial charge in [-0.05, 0) is 35.2 Å². The molecule has 0 saturated carbocycles. The van der Waals surface area contributed by atoms with E-state index in [-0.39, 0.29) is 5.69 Å². The molecule has 1 aliphatic heterocycles. The molecule has 0 spiro atoms. The molecule has 1 aliphatic rings. The summed E-state index contributed by atoms with van der Waals surface area (Å²) >= 11 is 1.46. The zero-order valence-corrected chi connectivity index (χ0v) is 13.7. The average Bonchev–Trinajstić information content (AvgIpc) is 3.25. The van der Waals surface area contributed by atoms with Crippen LogP contribution in [0.4, 0.5) is 20.2 Å². The van der Waals surface area contributed by atoms with Gasteiger partial charge in [-0.25, -0.2) is 4.39 Å². The van der Waals surface area contributed by atoms with Crippen LogP contribution in [0.3, 0.4) is 0 Å². The predicted octanol–water partition coefficient (Wildman–Crippen LogP) is 5.23. The minimum absolute atomic E-state index is 0.00102. The summed E-state index contributed by atoms with van der Waals surface area (Å²) in [5, 5.41) is 21.0. The number of thiophene rings is 1. The lowest BCUT2D eigenvalue weighted by atomic mass is 9.95. The van der Waals surface area contributed by atoms with E-state index in [1.54, 1.807) is 17.0 Å². The van der Waals surface area contributed by atoms with Gasteiger partial charge in [0, 0.05) is 10.6 Å². The highest BCUT2D eigenvalue weighted by molar-refractivity contribution is 7.10. The van der Waals surface area contributed by atoms with Crippen LogP contribution in [0, 0.1) is 23.0 Å². The molecule has 2 unspecified atom stereocenters. The van der Waals surface area contributed by atoms with Crippen molar-refractivity contribution < 1.29 is 13.9 Å². The quantitative estimate of drug-likeness (QED) is 0.685. The van der Waals surface area contributed by atoms with E-state index in [1.165, 1.54) is 17.4 Å². The van der Waals surface area contributed by atoms with E-state index in [0.29, 0.717) is 5.69 Å². The molecule has 3 nitrogen and oxygen atoms in total. The molecule has 0 radical (unpaired) electrons. The van der Waals surface area contributed by atoms with Gasteiger partial charge >= 0.3 is 0 Å². The Bertz CT molecular complexity index is 982. The maximum absolute atomic E-state index is 14.6. The minimum Gasteiger partial charge on any atom is -0.505 e. The normalized spacial score (nSPS) is 18.8. The summed E-state index contributed by atoms with van der Waals surface area (Å²) in [6.07, 6.45) is 0. The fourth-order valence-electron chi connectivity index (χ4n) is 3.32. The number of anilines is 2. The average molecular weight is 354 g/mol. The van der Waals surface area contributed by atoms with Gasteiger partial charge in [-0.2, -0.15) is 9.65 Å². The smallest absolute Gasteiger partial charge is 0.202 e. The molecule has 3 aromatic rings. The largest absolute Gasteiger partial charge is 0.505 e. The summed E-state index contributed by atoms with van der Waals surface area (Å²) in [5.41, 5.74) is 1.44. The van der Waals surface area contributed by atoms with Crippen LogP contribution in [-0.4, -0.2) is 5.11 Å². The Kier molecular flexibility index (Phi) is 3.66. The van der Waals surface area contributed by atoms with Crippen molar-refractivity contribution in [2.24, 2.45) is 0 Å². The lowest BCUT2D eigenvalue weighted by molar-refractivity contribution is 0.407. The Morgan fingerprint density at radius 3 is 2.52 bits per heavy atom. The number of nitriles is 1. The predicted molar refractivity (Wildman–Crippen MR) is 92.0 cm³/mol. The van der Waals surface area contributed by atoms with Crippen molar-refractivity contribution >= 4 is 22.7 Å². The maximum atomic E-state index is 14.6. The van der Waals surface area contributed by atoms with Crippen LogP contribution in [0.2, 0.25) is 0 Å². The van der Waals surface area contributed by atoms with Crippen molar-refractivity contribution in [2.45, 2.75) is 12.0 Å². The molecule has 0 aliphatic carbocycles. The van der Waals surface area contributed by atoms with Gasteiger partial charge in [-0.3, -0.25) is 0 Å². The Labute approximate surface area is 147 Å². The fourth-order valence-corrected chi connectivity index (χ4v) is 4.18. The van der Waals surface area contributed by atoms with Gasteiger partial charge < -0.3 is 10.0 Å². The Hall–Kier alpha value is -2.91. The van der Waals surface area contributed by atoms with E-state index in [9.17, 15) is 19.1 Å². The first-order chi connectivity index (χ1) is 12.1. The summed E-state index contributed by atoms with van der Waals surface area (Å²) in [6.45, 7) is 0. The van der Waals surface area contributed by atoms with E-state index < -0.39 is 29.3 Å². The van der Waals surface area contributed by atoms with Crippen LogP contribution in [-0.2, 0) is 0 Å². The van der Waals surface area contributed by atoms with Gasteiger partial charge in [-0.1, -0.05) is 24.3 Å². The number of fused-ring (bicyclic) bond motifs is 1. The van der Waals surface area contributed by atoms with E-state index in [2.05, 4.69) is 6.07 Å². The lowest BCUT2D eigenvalue weighted by Crippen LogP contribution is -2.22. The van der Waals surface area contributed by atoms with Gasteiger partial charge in [0.25, 0.3) is 0 Å². The molecular formula is C19H12F2N2OS. The van der Waals surface area contributed by atoms with Crippen molar-refractivity contribution in [1.29, 1.82) is 5.26 Å². The van der Waals surface area contributed by atoms with E-state index in [0.717, 1.165) is 16.5 Å². The van der Waals surface area contributed by atoms with Crippen molar-refractivity contribution in [3.63, 3.8) is 0 Å². The highest BCUT2D eigenvalue weighted by atomic mass is 32.1. The molecule has 6 heteroatoms. The van der Waals surface area contributed by atoms with Gasteiger partial charge in [0.1, 0.15) is 0 Å². The molecule has 2 atom stereocenters. The highest BCUT2D eigenvalue weighted by Crippen LogP contribution is 2.53. The summed E-state index contributed by atoms with van der Waals surface area (Å²) in [5.74, 6) is -3.67. The molecule has 0 amide bonds. The Morgan fingerprint density at radius 2 is 1.80 bits per heavy atom. The second-order valence-corrected chi connectivity index (χ2v) is 6.71. The molecule has 1 N–H and O–H groups in total. The molecule has 25 heavy (non-hydrogen) atoms. The molecule has 2 aromatic carbocycles. The minimum atomic E-state index is -1.29. The zero-order chi connectivity index (χ0) is 17.6. The SMILES string of the molecule is N#CC1c2ccccc2N(c2ccc(O)c(F)c2F)C1c1cccs1. The molecule has 0 bridgehead atoms. The molecule has 1 aromatic heterocycles. The summed E-state index contributed by atoms with van der Waals surface area (Å²) in [7, 11) is 0. The van der Waals surface area contributed by atoms with Crippen LogP contribution in [0.25, 0.3) is 0 Å². The first-order valence-corrected chi connectivity index (χ1v) is 8.49. The van der Waals surface area contributed by atoms with Gasteiger partial charge in [0.05, 0.1) is 23.7 Å². The third-order valence-electron chi connectivity index (χ3n) is 4.40. The zero-order valence-electron chi connectivity index (χ0n) is 12.9. The third kappa shape index (κ3) is 2.28. The van der Waals surface area contributed by atoms with E-state index in [4.69, 9.17) is 0 Å². The van der Waals surface area contributed by atoms with E-state index in [1.807, 2.05) is 29.6 Å². The number of hydrogen-bond acceptors (Lipinski definition) is 4. The number of aromatic hydroxyl groups is 1. The number of phenols is 1. The fraction of sp³-hybridized carbons (Fsp3) is 0.105. The highest BCUT2D eigenvalue weighted by Gasteiger charge is 2.42.